The van der Waals surface area contributed by atoms with Crippen molar-refractivity contribution < 1.29 is 9.53 Å². The van der Waals surface area contributed by atoms with Crippen molar-refractivity contribution in [1.29, 1.82) is 0 Å². The average Bonchev–Trinajstić information content (AvgIpc) is 3.64. The van der Waals surface area contributed by atoms with Crippen molar-refractivity contribution in [1.82, 2.24) is 15.5 Å². The molecule has 2 heterocycles. The fourth-order valence-electron chi connectivity index (χ4n) is 5.34. The highest BCUT2D eigenvalue weighted by Crippen LogP contribution is 2.38. The van der Waals surface area contributed by atoms with Crippen LogP contribution in [0.2, 0.25) is 0 Å². The highest BCUT2D eigenvalue weighted by molar-refractivity contribution is 5.95. The lowest BCUT2D eigenvalue weighted by molar-refractivity contribution is -0.129. The number of carbonyl (C=O) groups is 1. The van der Waals surface area contributed by atoms with E-state index in [1.165, 1.54) is 5.56 Å². The first-order chi connectivity index (χ1) is 15.5. The van der Waals surface area contributed by atoms with Crippen LogP contribution in [0.5, 0.6) is 5.75 Å². The Hall–Kier alpha value is -2.63. The monoisotopic (exact) mass is 431 g/mol. The van der Waals surface area contributed by atoms with Crippen LogP contribution in [0.4, 0.5) is 0 Å². The minimum absolute atomic E-state index is 0.0360. The minimum Gasteiger partial charge on any atom is -0.496 e. The van der Waals surface area contributed by atoms with Crippen LogP contribution in [0.1, 0.15) is 48.9 Å². The van der Waals surface area contributed by atoms with E-state index < -0.39 is 0 Å². The Balaban J connectivity index is 1.38. The summed E-state index contributed by atoms with van der Waals surface area (Å²) in [5.74, 6) is 1.05. The van der Waals surface area contributed by atoms with Gasteiger partial charge in [-0.25, -0.2) is 0 Å². The first-order valence-electron chi connectivity index (χ1n) is 11.7. The quantitative estimate of drug-likeness (QED) is 0.729. The van der Waals surface area contributed by atoms with Gasteiger partial charge in [0.15, 0.2) is 0 Å². The molecule has 3 unspecified atom stereocenters. The molecular formula is C27H33N3O2. The number of nitrogens with one attached hydrogen (secondary N) is 2. The number of rotatable bonds is 6. The van der Waals surface area contributed by atoms with Crippen molar-refractivity contribution in [3.05, 3.63) is 76.9 Å². The molecule has 1 aliphatic carbocycles. The zero-order valence-corrected chi connectivity index (χ0v) is 19.2. The van der Waals surface area contributed by atoms with Gasteiger partial charge in [0.1, 0.15) is 5.75 Å². The van der Waals surface area contributed by atoms with Gasteiger partial charge in [-0.15, -0.1) is 0 Å². The van der Waals surface area contributed by atoms with E-state index in [0.29, 0.717) is 12.6 Å². The fourth-order valence-corrected chi connectivity index (χ4v) is 5.34. The van der Waals surface area contributed by atoms with Gasteiger partial charge in [-0.05, 0) is 55.9 Å². The Labute approximate surface area is 190 Å². The molecule has 0 spiro atoms. The summed E-state index contributed by atoms with van der Waals surface area (Å²) < 4.78 is 5.50. The third-order valence-corrected chi connectivity index (χ3v) is 7.37. The lowest BCUT2D eigenvalue weighted by Gasteiger charge is -2.50. The number of hydrogen-bond donors (Lipinski definition) is 2. The minimum atomic E-state index is -0.109. The number of hydrogen-bond acceptors (Lipinski definition) is 4. The topological polar surface area (TPSA) is 53.6 Å². The van der Waals surface area contributed by atoms with Crippen LogP contribution in [0.25, 0.3) is 0 Å². The summed E-state index contributed by atoms with van der Waals surface area (Å²) in [6, 6.07) is 17.3. The van der Waals surface area contributed by atoms with Crippen LogP contribution in [0.3, 0.4) is 0 Å². The van der Waals surface area contributed by atoms with Gasteiger partial charge in [0.25, 0.3) is 5.91 Å². The van der Waals surface area contributed by atoms with Crippen molar-refractivity contribution in [3.63, 3.8) is 0 Å². The summed E-state index contributed by atoms with van der Waals surface area (Å²) in [6.45, 7) is 5.72. The number of nitrogens with zero attached hydrogens (tertiary/aromatic N) is 1. The van der Waals surface area contributed by atoms with E-state index in [2.05, 4.69) is 71.9 Å². The highest BCUT2D eigenvalue weighted by atomic mass is 16.5. The number of piperazine rings is 1. The molecule has 1 saturated heterocycles. The molecule has 2 aromatic carbocycles. The number of methoxy groups -OCH3 is 1. The van der Waals surface area contributed by atoms with Crippen LogP contribution in [0.15, 0.2) is 60.2 Å². The predicted molar refractivity (Wildman–Crippen MR) is 127 cm³/mol. The Bertz CT molecular complexity index is 1030. The molecule has 2 aliphatic heterocycles. The summed E-state index contributed by atoms with van der Waals surface area (Å²) in [5, 5.41) is 7.55. The summed E-state index contributed by atoms with van der Waals surface area (Å²) in [4.78, 5) is 15.8. The predicted octanol–water partition coefficient (Wildman–Crippen LogP) is 3.89. The van der Waals surface area contributed by atoms with Crippen molar-refractivity contribution in [2.45, 2.75) is 63.3 Å². The first kappa shape index (κ1) is 21.2. The van der Waals surface area contributed by atoms with E-state index in [9.17, 15) is 4.79 Å². The van der Waals surface area contributed by atoms with Crippen LogP contribution in [-0.2, 0) is 11.3 Å². The molecule has 2 aromatic rings. The highest BCUT2D eigenvalue weighted by Gasteiger charge is 2.46. The number of fused-ring (bicyclic) bond motifs is 2. The largest absolute Gasteiger partial charge is 0.496 e. The van der Waals surface area contributed by atoms with E-state index in [1.807, 2.05) is 12.1 Å². The number of carbonyl (C=O) groups excluding carboxylic acids is 1. The van der Waals surface area contributed by atoms with Crippen LogP contribution < -0.4 is 15.4 Å². The van der Waals surface area contributed by atoms with Crippen molar-refractivity contribution in [3.8, 4) is 5.75 Å². The average molecular weight is 432 g/mol. The maximum Gasteiger partial charge on any atom is 0.251 e. The van der Waals surface area contributed by atoms with Gasteiger partial charge in [0.05, 0.1) is 19.2 Å². The molecule has 168 valence electrons. The van der Waals surface area contributed by atoms with Gasteiger partial charge in [-0.1, -0.05) is 48.5 Å². The standard InChI is InChI=1S/C27H33N3O2/c1-18-20(10-7-11-24(18)32-3)17-30(21-12-13-21)26(31)22-14-15-27(2)25(28-16-23(22)29-27)19-8-5-4-6-9-19/h4-11,14,21,23,25,28-29H,12-13,15-17H2,1-3H3. The summed E-state index contributed by atoms with van der Waals surface area (Å²) in [7, 11) is 1.70. The van der Waals surface area contributed by atoms with E-state index >= 15 is 0 Å². The second kappa shape index (κ2) is 8.38. The molecule has 3 aliphatic rings. The summed E-state index contributed by atoms with van der Waals surface area (Å²) in [6.07, 6.45) is 5.21. The second-order valence-electron chi connectivity index (χ2n) is 9.64. The Morgan fingerprint density at radius 3 is 2.66 bits per heavy atom. The van der Waals surface area contributed by atoms with E-state index in [0.717, 1.165) is 48.3 Å². The van der Waals surface area contributed by atoms with Crippen LogP contribution >= 0.6 is 0 Å². The number of amides is 1. The van der Waals surface area contributed by atoms with Crippen LogP contribution in [0, 0.1) is 6.92 Å². The van der Waals surface area contributed by atoms with E-state index in [-0.39, 0.29) is 23.5 Å². The lowest BCUT2D eigenvalue weighted by Crippen LogP contribution is -2.66. The molecule has 5 heteroatoms. The van der Waals surface area contributed by atoms with Gasteiger partial charge in [0, 0.05) is 30.2 Å². The molecule has 3 atom stereocenters. The Kier molecular flexibility index (Phi) is 5.56. The normalized spacial score (nSPS) is 26.9. The lowest BCUT2D eigenvalue weighted by atomic mass is 9.76. The molecule has 0 aromatic heterocycles. The van der Waals surface area contributed by atoms with Gasteiger partial charge < -0.3 is 20.3 Å². The fraction of sp³-hybridized carbons (Fsp3) is 0.444. The van der Waals surface area contributed by atoms with Crippen molar-refractivity contribution >= 4 is 5.91 Å². The molecule has 1 amide bonds. The SMILES string of the molecule is COc1cccc(CN(C(=O)C2=CCC3(C)NC2CNC3c2ccccc2)C2CC2)c1C. The first-order valence-corrected chi connectivity index (χ1v) is 11.7. The van der Waals surface area contributed by atoms with Gasteiger partial charge >= 0.3 is 0 Å². The molecule has 5 rings (SSSR count). The zero-order chi connectivity index (χ0) is 22.3. The third-order valence-electron chi connectivity index (χ3n) is 7.37. The molecular weight excluding hydrogens is 398 g/mol. The molecule has 2 N–H and O–H groups in total. The third kappa shape index (κ3) is 3.84. The Morgan fingerprint density at radius 2 is 1.94 bits per heavy atom. The van der Waals surface area contributed by atoms with E-state index in [1.54, 1.807) is 7.11 Å². The van der Waals surface area contributed by atoms with E-state index in [4.69, 9.17) is 4.74 Å². The van der Waals surface area contributed by atoms with Crippen molar-refractivity contribution in [2.24, 2.45) is 0 Å². The van der Waals surface area contributed by atoms with Crippen LogP contribution in [-0.4, -0.2) is 42.1 Å². The molecule has 1 saturated carbocycles. The molecule has 0 radical (unpaired) electrons. The number of ether oxygens (including phenoxy) is 1. The maximum absolute atomic E-state index is 13.8. The smallest absolute Gasteiger partial charge is 0.251 e. The maximum atomic E-state index is 13.8. The number of benzene rings is 2. The Morgan fingerprint density at radius 1 is 1.16 bits per heavy atom. The van der Waals surface area contributed by atoms with Gasteiger partial charge in [-0.3, -0.25) is 4.79 Å². The molecule has 32 heavy (non-hydrogen) atoms. The summed E-state index contributed by atoms with van der Waals surface area (Å²) in [5.41, 5.74) is 4.36. The van der Waals surface area contributed by atoms with Gasteiger partial charge in [0.2, 0.25) is 0 Å². The van der Waals surface area contributed by atoms with Gasteiger partial charge in [-0.2, -0.15) is 0 Å². The molecule has 5 nitrogen and oxygen atoms in total. The molecule has 2 bridgehead atoms. The second-order valence-corrected chi connectivity index (χ2v) is 9.64. The van der Waals surface area contributed by atoms with Crippen molar-refractivity contribution in [2.75, 3.05) is 13.7 Å². The summed E-state index contributed by atoms with van der Waals surface area (Å²) >= 11 is 0. The molecule has 2 fully saturated rings. The zero-order valence-electron chi connectivity index (χ0n) is 19.2.